The third kappa shape index (κ3) is 2.25. The summed E-state index contributed by atoms with van der Waals surface area (Å²) in [7, 11) is 0. The van der Waals surface area contributed by atoms with E-state index in [0.29, 0.717) is 11.9 Å². The van der Waals surface area contributed by atoms with E-state index in [4.69, 9.17) is 17.3 Å². The Kier molecular flexibility index (Phi) is 3.38. The molecule has 0 unspecified atom stereocenters. The molecular weight excluding hydrogens is 267 g/mol. The molecule has 0 atom stereocenters. The van der Waals surface area contributed by atoms with Crippen LogP contribution >= 0.6 is 11.6 Å². The van der Waals surface area contributed by atoms with Gasteiger partial charge in [-0.15, -0.1) is 11.6 Å². The van der Waals surface area contributed by atoms with Crippen LogP contribution in [-0.2, 0) is 12.6 Å². The predicted octanol–water partition coefficient (Wildman–Crippen LogP) is 3.34. The monoisotopic (exact) mass is 277 g/mol. The number of anilines is 1. The van der Waals surface area contributed by atoms with Gasteiger partial charge in [-0.25, -0.2) is 4.98 Å². The molecule has 0 spiro atoms. The summed E-state index contributed by atoms with van der Waals surface area (Å²) in [5.74, 6) is 0.287. The van der Waals surface area contributed by atoms with E-state index < -0.39 is 11.7 Å². The summed E-state index contributed by atoms with van der Waals surface area (Å²) in [5.41, 5.74) is 5.86. The van der Waals surface area contributed by atoms with E-state index in [0.717, 1.165) is 6.07 Å². The van der Waals surface area contributed by atoms with Crippen molar-refractivity contribution in [3.05, 3.63) is 23.5 Å². The van der Waals surface area contributed by atoms with Crippen molar-refractivity contribution in [3.63, 3.8) is 0 Å². The Morgan fingerprint density at radius 3 is 2.72 bits per heavy atom. The first-order valence-electron chi connectivity index (χ1n) is 5.32. The minimum atomic E-state index is -4.44. The van der Waals surface area contributed by atoms with E-state index in [1.807, 2.05) is 0 Å². The molecule has 1 heterocycles. The average molecular weight is 278 g/mol. The number of hydrogen-bond acceptors (Lipinski definition) is 2. The van der Waals surface area contributed by atoms with Crippen LogP contribution in [-0.4, -0.2) is 15.8 Å². The topological polar surface area (TPSA) is 54.7 Å². The molecule has 3 N–H and O–H groups in total. The number of aromatic amines is 1. The Labute approximate surface area is 106 Å². The second-order valence-electron chi connectivity index (χ2n) is 3.91. The molecule has 98 valence electrons. The lowest BCUT2D eigenvalue weighted by atomic mass is 9.99. The van der Waals surface area contributed by atoms with Crippen molar-refractivity contribution in [2.75, 3.05) is 11.6 Å². The summed E-state index contributed by atoms with van der Waals surface area (Å²) in [6, 6.07) is 1.04. The van der Waals surface area contributed by atoms with E-state index in [1.165, 1.54) is 6.33 Å². The lowest BCUT2D eigenvalue weighted by Gasteiger charge is -2.15. The summed E-state index contributed by atoms with van der Waals surface area (Å²) in [6.07, 6.45) is -2.49. The smallest absolute Gasteiger partial charge is 0.397 e. The number of H-pyrrole nitrogens is 1. The van der Waals surface area contributed by atoms with Gasteiger partial charge in [-0.05, 0) is 24.5 Å². The Hall–Kier alpha value is -1.43. The van der Waals surface area contributed by atoms with Crippen LogP contribution in [0.3, 0.4) is 0 Å². The third-order valence-electron chi connectivity index (χ3n) is 2.73. The van der Waals surface area contributed by atoms with Gasteiger partial charge in [0.25, 0.3) is 0 Å². The summed E-state index contributed by atoms with van der Waals surface area (Å²) >= 11 is 5.52. The van der Waals surface area contributed by atoms with Gasteiger partial charge in [0, 0.05) is 5.88 Å². The van der Waals surface area contributed by atoms with Gasteiger partial charge < -0.3 is 10.7 Å². The average Bonchev–Trinajstić information content (AvgIpc) is 2.74. The molecule has 0 bridgehead atoms. The number of nitrogens with zero attached hydrogens (tertiary/aromatic N) is 1. The molecule has 1 aromatic carbocycles. The number of nitrogens with one attached hydrogen (secondary N) is 1. The predicted molar refractivity (Wildman–Crippen MR) is 64.5 cm³/mol. The number of benzene rings is 1. The van der Waals surface area contributed by atoms with Crippen LogP contribution in [0, 0.1) is 0 Å². The Morgan fingerprint density at radius 1 is 1.39 bits per heavy atom. The molecule has 7 heteroatoms. The van der Waals surface area contributed by atoms with Crippen LogP contribution in [0.2, 0.25) is 0 Å². The molecule has 18 heavy (non-hydrogen) atoms. The van der Waals surface area contributed by atoms with Crippen molar-refractivity contribution < 1.29 is 13.2 Å². The fourth-order valence-electron chi connectivity index (χ4n) is 1.91. The van der Waals surface area contributed by atoms with Crippen LogP contribution in [0.1, 0.15) is 17.5 Å². The summed E-state index contributed by atoms with van der Waals surface area (Å²) in [5, 5.41) is 0. The van der Waals surface area contributed by atoms with Gasteiger partial charge in [0.2, 0.25) is 0 Å². The number of nitrogen functional groups attached to an aromatic ring is 1. The highest BCUT2D eigenvalue weighted by molar-refractivity contribution is 6.17. The van der Waals surface area contributed by atoms with Crippen molar-refractivity contribution >= 4 is 28.3 Å². The Morgan fingerprint density at radius 2 is 2.11 bits per heavy atom. The minimum absolute atomic E-state index is 0.0720. The largest absolute Gasteiger partial charge is 0.416 e. The summed E-state index contributed by atoms with van der Waals surface area (Å²) in [4.78, 5) is 6.57. The van der Waals surface area contributed by atoms with Gasteiger partial charge in [-0.3, -0.25) is 0 Å². The van der Waals surface area contributed by atoms with Crippen LogP contribution in [0.15, 0.2) is 12.4 Å². The molecule has 1 aromatic heterocycles. The van der Waals surface area contributed by atoms with Crippen molar-refractivity contribution in [1.29, 1.82) is 0 Å². The molecule has 0 amide bonds. The van der Waals surface area contributed by atoms with Gasteiger partial charge in [0.05, 0.1) is 23.1 Å². The maximum atomic E-state index is 13.0. The molecule has 0 aliphatic heterocycles. The quantitative estimate of drug-likeness (QED) is 0.668. The first-order valence-corrected chi connectivity index (χ1v) is 5.86. The fraction of sp³-hybridized carbons (Fsp3) is 0.364. The summed E-state index contributed by atoms with van der Waals surface area (Å²) < 4.78 is 38.9. The van der Waals surface area contributed by atoms with Crippen molar-refractivity contribution in [1.82, 2.24) is 9.97 Å². The molecule has 3 nitrogen and oxygen atoms in total. The minimum Gasteiger partial charge on any atom is -0.397 e. The van der Waals surface area contributed by atoms with Gasteiger partial charge in [-0.1, -0.05) is 0 Å². The van der Waals surface area contributed by atoms with Crippen LogP contribution in [0.25, 0.3) is 11.0 Å². The van der Waals surface area contributed by atoms with Crippen LogP contribution in [0.5, 0.6) is 0 Å². The van der Waals surface area contributed by atoms with Gasteiger partial charge in [0.15, 0.2) is 0 Å². The van der Waals surface area contributed by atoms with Gasteiger partial charge in [-0.2, -0.15) is 13.2 Å². The number of fused-ring (bicyclic) bond motifs is 1. The number of halogens is 4. The number of rotatable bonds is 3. The lowest BCUT2D eigenvalue weighted by molar-refractivity contribution is -0.138. The first-order chi connectivity index (χ1) is 8.45. The molecule has 2 aromatic rings. The number of nitrogens with two attached hydrogens (primary N) is 1. The van der Waals surface area contributed by atoms with Crippen molar-refractivity contribution in [3.8, 4) is 0 Å². The van der Waals surface area contributed by atoms with E-state index in [-0.39, 0.29) is 29.1 Å². The fourth-order valence-corrected chi connectivity index (χ4v) is 2.05. The highest BCUT2D eigenvalue weighted by atomic mass is 35.5. The lowest BCUT2D eigenvalue weighted by Crippen LogP contribution is -2.12. The number of imidazole rings is 1. The van der Waals surface area contributed by atoms with Crippen molar-refractivity contribution in [2.24, 2.45) is 0 Å². The Bertz CT molecular complexity index is 562. The van der Waals surface area contributed by atoms with Crippen LogP contribution in [0.4, 0.5) is 18.9 Å². The number of aromatic nitrogens is 2. The second kappa shape index (κ2) is 4.68. The summed E-state index contributed by atoms with van der Waals surface area (Å²) in [6.45, 7) is 0. The van der Waals surface area contributed by atoms with Gasteiger partial charge >= 0.3 is 6.18 Å². The van der Waals surface area contributed by atoms with Crippen molar-refractivity contribution in [2.45, 2.75) is 19.0 Å². The molecular formula is C11H11ClF3N3. The standard InChI is InChI=1S/C11H11ClF3N3/c12-3-1-2-6-7(11(13,14)15)4-8-10(9(6)16)18-5-17-8/h4-5H,1-3,16H2,(H,17,18). The highest BCUT2D eigenvalue weighted by Crippen LogP contribution is 2.38. The molecule has 0 radical (unpaired) electrons. The zero-order valence-electron chi connectivity index (χ0n) is 9.31. The van der Waals surface area contributed by atoms with E-state index in [2.05, 4.69) is 9.97 Å². The third-order valence-corrected chi connectivity index (χ3v) is 3.00. The maximum Gasteiger partial charge on any atom is 0.416 e. The van der Waals surface area contributed by atoms with E-state index >= 15 is 0 Å². The zero-order valence-corrected chi connectivity index (χ0v) is 10.1. The highest BCUT2D eigenvalue weighted by Gasteiger charge is 2.35. The number of hydrogen-bond donors (Lipinski definition) is 2. The molecule has 0 saturated carbocycles. The first kappa shape index (κ1) is 13.0. The SMILES string of the molecule is Nc1c(CCCCl)c(C(F)(F)F)cc2[nH]cnc12. The van der Waals surface area contributed by atoms with E-state index in [1.54, 1.807) is 0 Å². The normalized spacial score (nSPS) is 12.2. The van der Waals surface area contributed by atoms with Gasteiger partial charge in [0.1, 0.15) is 5.52 Å². The molecule has 0 aliphatic rings. The Balaban J connectivity index is 2.64. The molecule has 2 rings (SSSR count). The maximum absolute atomic E-state index is 13.0. The molecule has 0 fully saturated rings. The molecule has 0 saturated heterocycles. The second-order valence-corrected chi connectivity index (χ2v) is 4.28. The number of alkyl halides is 4. The van der Waals surface area contributed by atoms with Crippen LogP contribution < -0.4 is 5.73 Å². The molecule has 0 aliphatic carbocycles. The van der Waals surface area contributed by atoms with E-state index in [9.17, 15) is 13.2 Å². The zero-order chi connectivity index (χ0) is 13.3.